The number of pyridine rings is 1. The predicted molar refractivity (Wildman–Crippen MR) is 86.6 cm³/mol. The summed E-state index contributed by atoms with van der Waals surface area (Å²) in [6.45, 7) is 9.13. The van der Waals surface area contributed by atoms with Crippen LogP contribution in [-0.2, 0) is 16.0 Å². The van der Waals surface area contributed by atoms with Crippen molar-refractivity contribution in [2.24, 2.45) is 5.41 Å². The maximum atomic E-state index is 6.07. The lowest BCUT2D eigenvalue weighted by atomic mass is 9.73. The Hall–Kier alpha value is -1.23. The zero-order valence-electron chi connectivity index (χ0n) is 13.2. The molecule has 1 aromatic heterocycles. The molecule has 22 heavy (non-hydrogen) atoms. The van der Waals surface area contributed by atoms with E-state index in [1.54, 1.807) is 0 Å². The van der Waals surface area contributed by atoms with Gasteiger partial charge in [-0.25, -0.2) is 0 Å². The summed E-state index contributed by atoms with van der Waals surface area (Å²) < 4.78 is 11.9. The second-order valence-electron chi connectivity index (χ2n) is 6.49. The molecule has 2 unspecified atom stereocenters. The normalized spacial score (nSPS) is 29.0. The van der Waals surface area contributed by atoms with Gasteiger partial charge in [-0.1, -0.05) is 12.1 Å². The number of hydrogen-bond donors (Lipinski definition) is 0. The largest absolute Gasteiger partial charge is 0.377 e. The van der Waals surface area contributed by atoms with E-state index in [0.717, 1.165) is 45.7 Å². The molecule has 1 aromatic rings. The molecule has 2 aliphatic heterocycles. The number of piperidine rings is 1. The van der Waals surface area contributed by atoms with Gasteiger partial charge in [0.25, 0.3) is 0 Å². The Labute approximate surface area is 133 Å². The summed E-state index contributed by atoms with van der Waals surface area (Å²) in [5.41, 5.74) is 1.42. The van der Waals surface area contributed by atoms with E-state index in [1.807, 2.05) is 24.5 Å². The fraction of sp³-hybridized carbons (Fsp3) is 0.611. The lowest BCUT2D eigenvalue weighted by molar-refractivity contribution is -0.152. The van der Waals surface area contributed by atoms with Crippen molar-refractivity contribution in [3.05, 3.63) is 42.7 Å². The van der Waals surface area contributed by atoms with Crippen LogP contribution < -0.4 is 0 Å². The number of aromatic nitrogens is 1. The summed E-state index contributed by atoms with van der Waals surface area (Å²) in [6, 6.07) is 4.16. The summed E-state index contributed by atoms with van der Waals surface area (Å²) in [5, 5.41) is 0. The van der Waals surface area contributed by atoms with Gasteiger partial charge in [-0.3, -0.25) is 9.88 Å². The highest BCUT2D eigenvalue weighted by Crippen LogP contribution is 2.40. The lowest BCUT2D eigenvalue weighted by Crippen LogP contribution is -2.56. The standard InChI is InChI=1S/C18H26N2O2/c1-2-10-21-15-18-7-4-11-22-17(18)6-9-20(14-18)13-16-5-3-8-19-12-16/h2-3,5,8,12,17H,1,4,6-7,9-11,13-15H2. The maximum Gasteiger partial charge on any atom is 0.0677 e. The van der Waals surface area contributed by atoms with Crippen LogP contribution in [0.15, 0.2) is 37.2 Å². The first kappa shape index (κ1) is 15.7. The van der Waals surface area contributed by atoms with E-state index in [-0.39, 0.29) is 5.41 Å². The number of nitrogens with zero attached hydrogens (tertiary/aromatic N) is 2. The third kappa shape index (κ3) is 3.57. The minimum absolute atomic E-state index is 0.141. The Kier molecular flexibility index (Phi) is 5.24. The van der Waals surface area contributed by atoms with Crippen molar-refractivity contribution in [2.45, 2.75) is 31.9 Å². The van der Waals surface area contributed by atoms with Crippen LogP contribution in [0.4, 0.5) is 0 Å². The molecule has 0 aromatic carbocycles. The fourth-order valence-electron chi connectivity index (χ4n) is 3.82. The van der Waals surface area contributed by atoms with Gasteiger partial charge in [-0.15, -0.1) is 6.58 Å². The van der Waals surface area contributed by atoms with Crippen molar-refractivity contribution in [3.8, 4) is 0 Å². The summed E-state index contributed by atoms with van der Waals surface area (Å²) in [4.78, 5) is 6.75. The van der Waals surface area contributed by atoms with Gasteiger partial charge in [0.2, 0.25) is 0 Å². The second-order valence-corrected chi connectivity index (χ2v) is 6.49. The van der Waals surface area contributed by atoms with Gasteiger partial charge in [0, 0.05) is 44.0 Å². The molecule has 3 rings (SSSR count). The topological polar surface area (TPSA) is 34.6 Å². The van der Waals surface area contributed by atoms with Crippen LogP contribution in [0.25, 0.3) is 0 Å². The van der Waals surface area contributed by atoms with E-state index in [2.05, 4.69) is 22.5 Å². The summed E-state index contributed by atoms with van der Waals surface area (Å²) in [5.74, 6) is 0. The number of rotatable bonds is 6. The number of hydrogen-bond acceptors (Lipinski definition) is 4. The molecule has 0 radical (unpaired) electrons. The van der Waals surface area contributed by atoms with Gasteiger partial charge >= 0.3 is 0 Å². The first-order valence-electron chi connectivity index (χ1n) is 8.24. The molecular formula is C18H26N2O2. The Morgan fingerprint density at radius 2 is 2.50 bits per heavy atom. The second kappa shape index (κ2) is 7.36. The van der Waals surface area contributed by atoms with Crippen molar-refractivity contribution in [1.29, 1.82) is 0 Å². The van der Waals surface area contributed by atoms with E-state index < -0.39 is 0 Å². The highest BCUT2D eigenvalue weighted by molar-refractivity contribution is 5.09. The van der Waals surface area contributed by atoms with Gasteiger partial charge in [-0.05, 0) is 30.9 Å². The molecule has 2 aliphatic rings. The van der Waals surface area contributed by atoms with Crippen LogP contribution in [0.1, 0.15) is 24.8 Å². The maximum absolute atomic E-state index is 6.07. The van der Waals surface area contributed by atoms with E-state index in [1.165, 1.54) is 12.0 Å². The van der Waals surface area contributed by atoms with Crippen molar-refractivity contribution in [2.75, 3.05) is 32.9 Å². The van der Waals surface area contributed by atoms with Crippen LogP contribution in [0.3, 0.4) is 0 Å². The summed E-state index contributed by atoms with van der Waals surface area (Å²) in [7, 11) is 0. The first-order valence-corrected chi connectivity index (χ1v) is 8.24. The number of ether oxygens (including phenoxy) is 2. The van der Waals surface area contributed by atoms with Crippen molar-refractivity contribution >= 4 is 0 Å². The molecule has 0 spiro atoms. The van der Waals surface area contributed by atoms with Gasteiger partial charge in [0.1, 0.15) is 0 Å². The summed E-state index contributed by atoms with van der Waals surface area (Å²) in [6.07, 6.45) is 9.38. The van der Waals surface area contributed by atoms with Crippen LogP contribution in [0.2, 0.25) is 0 Å². The van der Waals surface area contributed by atoms with Crippen LogP contribution in [0.5, 0.6) is 0 Å². The highest BCUT2D eigenvalue weighted by atomic mass is 16.5. The molecule has 4 nitrogen and oxygen atoms in total. The van der Waals surface area contributed by atoms with E-state index in [4.69, 9.17) is 9.47 Å². The van der Waals surface area contributed by atoms with Crippen molar-refractivity contribution < 1.29 is 9.47 Å². The Morgan fingerprint density at radius 1 is 1.55 bits per heavy atom. The molecule has 0 N–H and O–H groups in total. The molecular weight excluding hydrogens is 276 g/mol. The van der Waals surface area contributed by atoms with Crippen LogP contribution in [0, 0.1) is 5.41 Å². The third-order valence-corrected chi connectivity index (χ3v) is 4.82. The van der Waals surface area contributed by atoms with Gasteiger partial charge in [0.15, 0.2) is 0 Å². The number of fused-ring (bicyclic) bond motifs is 1. The van der Waals surface area contributed by atoms with Gasteiger partial charge < -0.3 is 9.47 Å². The van der Waals surface area contributed by atoms with Crippen molar-refractivity contribution in [1.82, 2.24) is 9.88 Å². The van der Waals surface area contributed by atoms with E-state index >= 15 is 0 Å². The summed E-state index contributed by atoms with van der Waals surface area (Å²) >= 11 is 0. The highest BCUT2D eigenvalue weighted by Gasteiger charge is 2.46. The van der Waals surface area contributed by atoms with Gasteiger partial charge in [0.05, 0.1) is 19.3 Å². The predicted octanol–water partition coefficient (Wildman–Crippen LogP) is 2.66. The Morgan fingerprint density at radius 3 is 3.32 bits per heavy atom. The lowest BCUT2D eigenvalue weighted by Gasteiger charge is -2.50. The van der Waals surface area contributed by atoms with E-state index in [0.29, 0.717) is 12.7 Å². The van der Waals surface area contributed by atoms with Crippen molar-refractivity contribution in [3.63, 3.8) is 0 Å². The molecule has 4 heteroatoms. The zero-order valence-corrected chi connectivity index (χ0v) is 13.2. The molecule has 2 fully saturated rings. The molecule has 0 amide bonds. The third-order valence-electron chi connectivity index (χ3n) is 4.82. The molecule has 0 bridgehead atoms. The number of likely N-dealkylation sites (tertiary alicyclic amines) is 1. The SMILES string of the molecule is C=CCOCC12CCCOC1CCN(Cc1cccnc1)C2. The molecule has 0 saturated carbocycles. The first-order chi connectivity index (χ1) is 10.8. The molecule has 0 aliphatic carbocycles. The minimum atomic E-state index is 0.141. The monoisotopic (exact) mass is 302 g/mol. The fourth-order valence-corrected chi connectivity index (χ4v) is 3.82. The molecule has 3 heterocycles. The van der Waals surface area contributed by atoms with Gasteiger partial charge in [-0.2, -0.15) is 0 Å². The quantitative estimate of drug-likeness (QED) is 0.598. The minimum Gasteiger partial charge on any atom is -0.377 e. The smallest absolute Gasteiger partial charge is 0.0677 e. The molecule has 2 saturated heterocycles. The molecule has 120 valence electrons. The van der Waals surface area contributed by atoms with Crippen LogP contribution >= 0.6 is 0 Å². The zero-order chi connectivity index (χ0) is 15.3. The van der Waals surface area contributed by atoms with E-state index in [9.17, 15) is 0 Å². The van der Waals surface area contributed by atoms with Crippen LogP contribution in [-0.4, -0.2) is 48.9 Å². The molecule has 2 atom stereocenters. The Bertz CT molecular complexity index is 479. The average Bonchev–Trinajstić information content (AvgIpc) is 2.56. The average molecular weight is 302 g/mol. The Balaban J connectivity index is 1.67.